The molecule has 9 nitrogen and oxygen atoms in total. The Balaban J connectivity index is 1.41. The van der Waals surface area contributed by atoms with Crippen molar-refractivity contribution >= 4 is 17.5 Å². The van der Waals surface area contributed by atoms with E-state index >= 15 is 0 Å². The van der Waals surface area contributed by atoms with E-state index in [2.05, 4.69) is 21.0 Å². The zero-order valence-corrected chi connectivity index (χ0v) is 17.3. The largest absolute Gasteiger partial charge is 0.489 e. The van der Waals surface area contributed by atoms with E-state index in [1.54, 1.807) is 53.9 Å². The predicted octanol–water partition coefficient (Wildman–Crippen LogP) is 2.90. The van der Waals surface area contributed by atoms with Crippen LogP contribution in [0.3, 0.4) is 0 Å². The smallest absolute Gasteiger partial charge is 0.288 e. The molecule has 4 aromatic rings. The van der Waals surface area contributed by atoms with E-state index in [-0.39, 0.29) is 6.61 Å². The maximum absolute atomic E-state index is 12.6. The van der Waals surface area contributed by atoms with Gasteiger partial charge in [0, 0.05) is 11.8 Å². The van der Waals surface area contributed by atoms with Gasteiger partial charge in [0.2, 0.25) is 0 Å². The molecule has 0 atom stereocenters. The summed E-state index contributed by atoms with van der Waals surface area (Å²) in [6.07, 6.45) is 1.74. The molecule has 0 radical (unpaired) electrons. The number of ether oxygens (including phenoxy) is 1. The highest BCUT2D eigenvalue weighted by Crippen LogP contribution is 2.18. The minimum atomic E-state index is -0.470. The summed E-state index contributed by atoms with van der Waals surface area (Å²) < 4.78 is 12.6. The number of carbonyl (C=O) groups excluding carboxylic acids is 2. The number of imidazole rings is 1. The van der Waals surface area contributed by atoms with Crippen molar-refractivity contribution in [2.45, 2.75) is 27.4 Å². The second kappa shape index (κ2) is 8.31. The van der Waals surface area contributed by atoms with Crippen LogP contribution in [0.25, 0.3) is 5.65 Å². The van der Waals surface area contributed by atoms with Gasteiger partial charge in [0.25, 0.3) is 11.8 Å². The van der Waals surface area contributed by atoms with Crippen LogP contribution < -0.4 is 15.6 Å². The highest BCUT2D eigenvalue weighted by atomic mass is 16.5. The first-order valence-electron chi connectivity index (χ1n) is 9.63. The molecule has 0 aliphatic rings. The average Bonchev–Trinajstić information content (AvgIpc) is 3.28. The number of hydrogen-bond acceptors (Lipinski definition) is 6. The molecule has 3 aromatic heterocycles. The number of carbonyl (C=O) groups is 2. The summed E-state index contributed by atoms with van der Waals surface area (Å²) in [6.45, 7) is 5.67. The second-order valence-corrected chi connectivity index (χ2v) is 7.00. The zero-order valence-electron chi connectivity index (χ0n) is 17.3. The van der Waals surface area contributed by atoms with Gasteiger partial charge in [-0.1, -0.05) is 17.3 Å². The number of nitrogens with zero attached hydrogens (tertiary/aromatic N) is 3. The van der Waals surface area contributed by atoms with E-state index in [0.29, 0.717) is 34.1 Å². The van der Waals surface area contributed by atoms with E-state index in [0.717, 1.165) is 11.3 Å². The average molecular weight is 419 g/mol. The molecule has 0 unspecified atom stereocenters. The van der Waals surface area contributed by atoms with Gasteiger partial charge >= 0.3 is 0 Å². The Morgan fingerprint density at radius 1 is 1.03 bits per heavy atom. The van der Waals surface area contributed by atoms with Crippen LogP contribution in [-0.2, 0) is 6.61 Å². The molecule has 2 N–H and O–H groups in total. The van der Waals surface area contributed by atoms with Gasteiger partial charge in [0.1, 0.15) is 29.5 Å². The topological polar surface area (TPSA) is 111 Å². The molecular formula is C22H21N5O4. The molecule has 1 aromatic carbocycles. The van der Waals surface area contributed by atoms with Gasteiger partial charge in [0.15, 0.2) is 0 Å². The molecule has 31 heavy (non-hydrogen) atoms. The fourth-order valence-corrected chi connectivity index (χ4v) is 3.22. The van der Waals surface area contributed by atoms with Crippen LogP contribution in [0, 0.1) is 20.8 Å². The molecule has 2 amide bonds. The summed E-state index contributed by atoms with van der Waals surface area (Å²) in [4.78, 5) is 29.5. The fraction of sp³-hybridized carbons (Fsp3) is 0.182. The Kier molecular flexibility index (Phi) is 5.40. The number of amides is 2. The minimum absolute atomic E-state index is 0.274. The van der Waals surface area contributed by atoms with Gasteiger partial charge in [-0.2, -0.15) is 0 Å². The molecule has 0 spiro atoms. The Morgan fingerprint density at radius 3 is 2.61 bits per heavy atom. The number of fused-ring (bicyclic) bond motifs is 1. The van der Waals surface area contributed by atoms with E-state index in [1.165, 1.54) is 0 Å². The van der Waals surface area contributed by atoms with E-state index in [1.807, 2.05) is 19.9 Å². The van der Waals surface area contributed by atoms with Crippen molar-refractivity contribution in [2.75, 3.05) is 0 Å². The number of benzene rings is 1. The number of nitrogens with one attached hydrogen (secondary N) is 2. The van der Waals surface area contributed by atoms with Crippen LogP contribution in [0.15, 0.2) is 53.2 Å². The lowest BCUT2D eigenvalue weighted by molar-refractivity contribution is 0.0843. The SMILES string of the molecule is Cc1noc(C)c1COc1cccc(C(=O)NNC(=O)c2c(C)nc3ccccn23)c1. The Hall–Kier alpha value is -4.14. The van der Waals surface area contributed by atoms with Crippen LogP contribution in [0.4, 0.5) is 0 Å². The van der Waals surface area contributed by atoms with Crippen LogP contribution in [0.2, 0.25) is 0 Å². The lowest BCUT2D eigenvalue weighted by atomic mass is 10.2. The van der Waals surface area contributed by atoms with Gasteiger partial charge in [0.05, 0.1) is 17.0 Å². The first kappa shape index (κ1) is 20.1. The summed E-state index contributed by atoms with van der Waals surface area (Å²) in [5, 5.41) is 3.90. The van der Waals surface area contributed by atoms with Crippen molar-refractivity contribution < 1.29 is 18.8 Å². The molecule has 0 saturated heterocycles. The molecular weight excluding hydrogens is 398 g/mol. The van der Waals surface area contributed by atoms with Gasteiger partial charge in [-0.05, 0) is 51.1 Å². The highest BCUT2D eigenvalue weighted by molar-refractivity contribution is 5.99. The molecule has 0 bridgehead atoms. The quantitative estimate of drug-likeness (QED) is 0.481. The lowest BCUT2D eigenvalue weighted by Crippen LogP contribution is -2.42. The van der Waals surface area contributed by atoms with Crippen molar-refractivity contribution in [3.8, 4) is 5.75 Å². The molecule has 3 heterocycles. The summed E-state index contributed by atoms with van der Waals surface area (Å²) in [5.74, 6) is 0.270. The van der Waals surface area contributed by atoms with E-state index < -0.39 is 11.8 Å². The van der Waals surface area contributed by atoms with Crippen LogP contribution in [0.5, 0.6) is 5.75 Å². The van der Waals surface area contributed by atoms with E-state index in [4.69, 9.17) is 9.26 Å². The number of aryl methyl sites for hydroxylation is 3. The normalized spacial score (nSPS) is 10.8. The number of rotatable bonds is 5. The van der Waals surface area contributed by atoms with Gasteiger partial charge in [-0.15, -0.1) is 0 Å². The van der Waals surface area contributed by atoms with Crippen molar-refractivity contribution in [3.05, 3.63) is 82.6 Å². The molecule has 0 aliphatic carbocycles. The lowest BCUT2D eigenvalue weighted by Gasteiger charge is -2.10. The second-order valence-electron chi connectivity index (χ2n) is 7.00. The minimum Gasteiger partial charge on any atom is -0.489 e. The Labute approximate surface area is 178 Å². The fourth-order valence-electron chi connectivity index (χ4n) is 3.22. The maximum atomic E-state index is 12.6. The number of hydrogen-bond donors (Lipinski definition) is 2. The summed E-state index contributed by atoms with van der Waals surface area (Å²) in [7, 11) is 0. The molecule has 9 heteroatoms. The maximum Gasteiger partial charge on any atom is 0.288 e. The number of pyridine rings is 1. The first-order chi connectivity index (χ1) is 14.9. The molecule has 4 rings (SSSR count). The standard InChI is InChI=1S/C22H21N5O4/c1-13-18(15(3)31-26-13)12-30-17-8-6-7-16(11-17)21(28)24-25-22(29)20-14(2)23-19-9-4-5-10-27(19)20/h4-11H,12H2,1-3H3,(H,24,28)(H,25,29). The molecule has 0 saturated carbocycles. The summed E-state index contributed by atoms with van der Waals surface area (Å²) >= 11 is 0. The predicted molar refractivity (Wildman–Crippen MR) is 112 cm³/mol. The monoisotopic (exact) mass is 419 g/mol. The molecule has 0 aliphatic heterocycles. The Morgan fingerprint density at radius 2 is 1.84 bits per heavy atom. The zero-order chi connectivity index (χ0) is 22.0. The van der Waals surface area contributed by atoms with Crippen LogP contribution in [0.1, 0.15) is 43.6 Å². The van der Waals surface area contributed by atoms with Gasteiger partial charge < -0.3 is 9.26 Å². The number of hydrazine groups is 1. The van der Waals surface area contributed by atoms with Crippen molar-refractivity contribution in [1.29, 1.82) is 0 Å². The van der Waals surface area contributed by atoms with Crippen molar-refractivity contribution in [2.24, 2.45) is 0 Å². The first-order valence-corrected chi connectivity index (χ1v) is 9.63. The third-order valence-corrected chi connectivity index (χ3v) is 4.87. The summed E-state index contributed by atoms with van der Waals surface area (Å²) in [5.41, 5.74) is 8.41. The highest BCUT2D eigenvalue weighted by Gasteiger charge is 2.17. The van der Waals surface area contributed by atoms with Crippen molar-refractivity contribution in [3.63, 3.8) is 0 Å². The van der Waals surface area contributed by atoms with Crippen molar-refractivity contribution in [1.82, 2.24) is 25.4 Å². The van der Waals surface area contributed by atoms with Gasteiger partial charge in [-0.3, -0.25) is 24.8 Å². The van der Waals surface area contributed by atoms with E-state index in [9.17, 15) is 9.59 Å². The molecule has 158 valence electrons. The number of aromatic nitrogens is 3. The van der Waals surface area contributed by atoms with Crippen LogP contribution >= 0.6 is 0 Å². The third kappa shape index (κ3) is 4.11. The molecule has 0 fully saturated rings. The van der Waals surface area contributed by atoms with Crippen LogP contribution in [-0.4, -0.2) is 26.4 Å². The third-order valence-electron chi connectivity index (χ3n) is 4.87. The van der Waals surface area contributed by atoms with Gasteiger partial charge in [-0.25, -0.2) is 4.98 Å². The Bertz CT molecular complexity index is 1250. The summed E-state index contributed by atoms with van der Waals surface area (Å²) in [6, 6.07) is 12.1.